The SMILES string of the molecule is CC(C)[C@@H]1NC(=O)N(CC(=O)N(c2ccccc2)C(C)C)C1=O. The third kappa shape index (κ3) is 3.52. The third-order valence-electron chi connectivity index (χ3n) is 3.84. The van der Waals surface area contributed by atoms with E-state index >= 15 is 0 Å². The number of hydrogen-bond donors (Lipinski definition) is 1. The number of imide groups is 1. The highest BCUT2D eigenvalue weighted by atomic mass is 16.2. The molecule has 1 aromatic carbocycles. The minimum Gasteiger partial charge on any atom is -0.326 e. The second-order valence-corrected chi connectivity index (χ2v) is 6.29. The van der Waals surface area contributed by atoms with Gasteiger partial charge in [0.05, 0.1) is 0 Å². The minimum atomic E-state index is -0.556. The summed E-state index contributed by atoms with van der Waals surface area (Å²) >= 11 is 0. The van der Waals surface area contributed by atoms with E-state index in [-0.39, 0.29) is 30.3 Å². The molecule has 0 spiro atoms. The van der Waals surface area contributed by atoms with E-state index in [0.717, 1.165) is 10.6 Å². The number of carbonyl (C=O) groups excluding carboxylic acids is 3. The maximum Gasteiger partial charge on any atom is 0.325 e. The summed E-state index contributed by atoms with van der Waals surface area (Å²) in [4.78, 5) is 39.5. The Morgan fingerprint density at radius 2 is 1.78 bits per heavy atom. The maximum absolute atomic E-state index is 12.7. The minimum absolute atomic E-state index is 0.0122. The van der Waals surface area contributed by atoms with Crippen molar-refractivity contribution in [2.75, 3.05) is 11.4 Å². The maximum atomic E-state index is 12.7. The quantitative estimate of drug-likeness (QED) is 0.845. The van der Waals surface area contributed by atoms with Gasteiger partial charge in [-0.2, -0.15) is 0 Å². The molecule has 1 fully saturated rings. The van der Waals surface area contributed by atoms with Crippen LogP contribution in [0.1, 0.15) is 27.7 Å². The number of benzene rings is 1. The van der Waals surface area contributed by atoms with Crippen LogP contribution in [0.5, 0.6) is 0 Å². The van der Waals surface area contributed by atoms with Gasteiger partial charge >= 0.3 is 6.03 Å². The predicted octanol–water partition coefficient (Wildman–Crippen LogP) is 2.00. The van der Waals surface area contributed by atoms with Crippen molar-refractivity contribution >= 4 is 23.5 Å². The summed E-state index contributed by atoms with van der Waals surface area (Å²) in [5, 5.41) is 2.63. The van der Waals surface area contributed by atoms with Crippen LogP contribution < -0.4 is 10.2 Å². The van der Waals surface area contributed by atoms with Crippen LogP contribution in [0, 0.1) is 5.92 Å². The monoisotopic (exact) mass is 317 g/mol. The van der Waals surface area contributed by atoms with Gasteiger partial charge in [0, 0.05) is 11.7 Å². The van der Waals surface area contributed by atoms with E-state index in [1.54, 1.807) is 4.90 Å². The molecule has 0 unspecified atom stereocenters. The van der Waals surface area contributed by atoms with Crippen molar-refractivity contribution in [2.45, 2.75) is 39.8 Å². The van der Waals surface area contributed by atoms with Gasteiger partial charge in [0.15, 0.2) is 0 Å². The number of anilines is 1. The van der Waals surface area contributed by atoms with Crippen molar-refractivity contribution in [3.8, 4) is 0 Å². The van der Waals surface area contributed by atoms with Crippen LogP contribution in [0.15, 0.2) is 30.3 Å². The smallest absolute Gasteiger partial charge is 0.325 e. The van der Waals surface area contributed by atoms with Crippen LogP contribution in [-0.4, -0.2) is 41.4 Å². The Morgan fingerprint density at radius 3 is 2.26 bits per heavy atom. The van der Waals surface area contributed by atoms with Gasteiger partial charge in [-0.15, -0.1) is 0 Å². The van der Waals surface area contributed by atoms with E-state index < -0.39 is 12.1 Å². The zero-order valence-corrected chi connectivity index (χ0v) is 13.9. The molecular weight excluding hydrogens is 294 g/mol. The predicted molar refractivity (Wildman–Crippen MR) is 87.9 cm³/mol. The standard InChI is InChI=1S/C17H23N3O3/c1-11(2)15-16(22)19(17(23)18-15)10-14(21)20(12(3)4)13-8-6-5-7-9-13/h5-9,11-12,15H,10H2,1-4H3,(H,18,23)/t15-/m0/s1. The van der Waals surface area contributed by atoms with Gasteiger partial charge in [0.25, 0.3) is 5.91 Å². The topological polar surface area (TPSA) is 69.7 Å². The van der Waals surface area contributed by atoms with Gasteiger partial charge < -0.3 is 10.2 Å². The number of nitrogens with one attached hydrogen (secondary N) is 1. The van der Waals surface area contributed by atoms with Crippen LogP contribution >= 0.6 is 0 Å². The summed E-state index contributed by atoms with van der Waals surface area (Å²) in [5.74, 6) is -0.629. The van der Waals surface area contributed by atoms with Crippen LogP contribution in [0.2, 0.25) is 0 Å². The number of carbonyl (C=O) groups is 3. The lowest BCUT2D eigenvalue weighted by atomic mass is 10.1. The molecule has 0 aromatic heterocycles. The molecule has 23 heavy (non-hydrogen) atoms. The largest absolute Gasteiger partial charge is 0.326 e. The lowest BCUT2D eigenvalue weighted by Crippen LogP contribution is -2.46. The molecule has 1 atom stereocenters. The first-order valence-corrected chi connectivity index (χ1v) is 7.82. The fraction of sp³-hybridized carbons (Fsp3) is 0.471. The van der Waals surface area contributed by atoms with Gasteiger partial charge in [-0.25, -0.2) is 4.79 Å². The number of nitrogens with zero attached hydrogens (tertiary/aromatic N) is 2. The van der Waals surface area contributed by atoms with Crippen molar-refractivity contribution in [3.63, 3.8) is 0 Å². The van der Waals surface area contributed by atoms with Gasteiger partial charge in [-0.05, 0) is 31.9 Å². The number of amides is 4. The molecule has 1 aliphatic heterocycles. The molecule has 1 saturated heterocycles. The normalized spacial score (nSPS) is 17.8. The van der Waals surface area contributed by atoms with Gasteiger partial charge in [0.1, 0.15) is 12.6 Å². The average Bonchev–Trinajstić information content (AvgIpc) is 2.76. The molecule has 0 aliphatic carbocycles. The summed E-state index contributed by atoms with van der Waals surface area (Å²) < 4.78 is 0. The Kier molecular flexibility index (Phi) is 5.03. The summed E-state index contributed by atoms with van der Waals surface area (Å²) in [6.07, 6.45) is 0. The van der Waals surface area contributed by atoms with Crippen molar-refractivity contribution < 1.29 is 14.4 Å². The van der Waals surface area contributed by atoms with E-state index in [1.165, 1.54) is 0 Å². The molecule has 0 saturated carbocycles. The van der Waals surface area contributed by atoms with Crippen LogP contribution in [0.4, 0.5) is 10.5 Å². The highest BCUT2D eigenvalue weighted by molar-refractivity contribution is 6.08. The Balaban J connectivity index is 2.17. The molecule has 1 heterocycles. The summed E-state index contributed by atoms with van der Waals surface area (Å²) in [5.41, 5.74) is 0.750. The first-order chi connectivity index (χ1) is 10.8. The first kappa shape index (κ1) is 17.0. The lowest BCUT2D eigenvalue weighted by molar-refractivity contribution is -0.132. The van der Waals surface area contributed by atoms with Crippen LogP contribution in [0.25, 0.3) is 0 Å². The van der Waals surface area contributed by atoms with Gasteiger partial charge in [-0.1, -0.05) is 32.0 Å². The molecule has 1 aromatic rings. The number of para-hydroxylation sites is 1. The molecule has 2 rings (SSSR count). The molecule has 124 valence electrons. The summed E-state index contributed by atoms with van der Waals surface area (Å²) in [6.45, 7) is 7.26. The van der Waals surface area contributed by atoms with Gasteiger partial charge in [0.2, 0.25) is 5.91 Å². The highest BCUT2D eigenvalue weighted by Gasteiger charge is 2.41. The number of hydrogen-bond acceptors (Lipinski definition) is 3. The second kappa shape index (κ2) is 6.81. The van der Waals surface area contributed by atoms with Crippen LogP contribution in [-0.2, 0) is 9.59 Å². The average molecular weight is 317 g/mol. The Labute approximate surface area is 136 Å². The van der Waals surface area contributed by atoms with E-state index in [9.17, 15) is 14.4 Å². The Morgan fingerprint density at radius 1 is 1.17 bits per heavy atom. The van der Waals surface area contributed by atoms with Crippen molar-refractivity contribution in [2.24, 2.45) is 5.92 Å². The van der Waals surface area contributed by atoms with E-state index in [2.05, 4.69) is 5.32 Å². The second-order valence-electron chi connectivity index (χ2n) is 6.29. The zero-order valence-electron chi connectivity index (χ0n) is 13.9. The molecule has 1 N–H and O–H groups in total. The molecule has 6 heteroatoms. The highest BCUT2D eigenvalue weighted by Crippen LogP contribution is 2.19. The molecule has 4 amide bonds. The lowest BCUT2D eigenvalue weighted by Gasteiger charge is -2.28. The number of rotatable bonds is 5. The molecule has 1 aliphatic rings. The van der Waals surface area contributed by atoms with Crippen LogP contribution in [0.3, 0.4) is 0 Å². The molecule has 0 bridgehead atoms. The Bertz CT molecular complexity index is 598. The number of urea groups is 1. The summed E-state index contributed by atoms with van der Waals surface area (Å²) in [7, 11) is 0. The fourth-order valence-corrected chi connectivity index (χ4v) is 2.67. The van der Waals surface area contributed by atoms with E-state index in [4.69, 9.17) is 0 Å². The van der Waals surface area contributed by atoms with Gasteiger partial charge in [-0.3, -0.25) is 14.5 Å². The molecular formula is C17H23N3O3. The van der Waals surface area contributed by atoms with Crippen molar-refractivity contribution in [1.82, 2.24) is 10.2 Å². The van der Waals surface area contributed by atoms with E-state index in [0.29, 0.717) is 0 Å². The first-order valence-electron chi connectivity index (χ1n) is 7.82. The van der Waals surface area contributed by atoms with Crippen molar-refractivity contribution in [1.29, 1.82) is 0 Å². The third-order valence-corrected chi connectivity index (χ3v) is 3.84. The Hall–Kier alpha value is -2.37. The molecule has 0 radical (unpaired) electrons. The van der Waals surface area contributed by atoms with Crippen molar-refractivity contribution in [3.05, 3.63) is 30.3 Å². The zero-order chi connectivity index (χ0) is 17.1. The van der Waals surface area contributed by atoms with E-state index in [1.807, 2.05) is 58.0 Å². The summed E-state index contributed by atoms with van der Waals surface area (Å²) in [6, 6.07) is 8.10. The fourth-order valence-electron chi connectivity index (χ4n) is 2.67. The molecule has 6 nitrogen and oxygen atoms in total.